The molecule has 2 aliphatic rings. The number of halogens is 4. The Morgan fingerprint density at radius 2 is 1.95 bits per heavy atom. The molecule has 1 heterocycles. The van der Waals surface area contributed by atoms with Crippen molar-refractivity contribution in [3.05, 3.63) is 35.4 Å². The van der Waals surface area contributed by atoms with Crippen LogP contribution in [0.2, 0.25) is 0 Å². The summed E-state index contributed by atoms with van der Waals surface area (Å²) in [5.74, 6) is 0.130. The third kappa shape index (κ3) is 3.73. The van der Waals surface area contributed by atoms with Gasteiger partial charge in [0.25, 0.3) is 0 Å². The lowest BCUT2D eigenvalue weighted by atomic mass is 9.97. The molecule has 1 amide bonds. The maximum Gasteiger partial charge on any atom is 0.416 e. The number of carbonyl (C=O) groups excluding carboxylic acids is 1. The summed E-state index contributed by atoms with van der Waals surface area (Å²) >= 11 is 0. The van der Waals surface area contributed by atoms with Crippen molar-refractivity contribution in [1.29, 1.82) is 0 Å². The van der Waals surface area contributed by atoms with E-state index in [9.17, 15) is 18.0 Å². The van der Waals surface area contributed by atoms with Gasteiger partial charge in [-0.05, 0) is 36.5 Å². The van der Waals surface area contributed by atoms with Crippen LogP contribution < -0.4 is 10.6 Å². The quantitative estimate of drug-likeness (QED) is 0.889. The Morgan fingerprint density at radius 3 is 2.45 bits per heavy atom. The first-order valence-electron chi connectivity index (χ1n) is 7.13. The molecule has 0 spiro atoms. The third-order valence-corrected chi connectivity index (χ3v) is 4.12. The Labute approximate surface area is 133 Å². The zero-order chi connectivity index (χ0) is 15.0. The number of hydrogen-bond donors (Lipinski definition) is 2. The van der Waals surface area contributed by atoms with Crippen molar-refractivity contribution in [3.63, 3.8) is 0 Å². The molecule has 1 saturated carbocycles. The normalized spacial score (nSPS) is 19.8. The Balaban J connectivity index is 0.00000176. The summed E-state index contributed by atoms with van der Waals surface area (Å²) in [6.45, 7) is 1.29. The Hall–Kier alpha value is -1.27. The van der Waals surface area contributed by atoms with E-state index in [0.717, 1.165) is 25.0 Å². The molecule has 0 radical (unpaired) electrons. The van der Waals surface area contributed by atoms with Crippen molar-refractivity contribution in [3.8, 4) is 0 Å². The minimum Gasteiger partial charge on any atom is -0.349 e. The second kappa shape index (κ2) is 6.46. The second-order valence-corrected chi connectivity index (χ2v) is 5.80. The summed E-state index contributed by atoms with van der Waals surface area (Å²) in [7, 11) is 0. The number of alkyl halides is 3. The summed E-state index contributed by atoms with van der Waals surface area (Å²) in [5, 5.41) is 5.95. The lowest BCUT2D eigenvalue weighted by Crippen LogP contribution is -2.51. The highest BCUT2D eigenvalue weighted by atomic mass is 35.5. The van der Waals surface area contributed by atoms with E-state index in [2.05, 4.69) is 10.6 Å². The van der Waals surface area contributed by atoms with Gasteiger partial charge in [0.05, 0.1) is 17.5 Å². The van der Waals surface area contributed by atoms with Crippen LogP contribution in [0.5, 0.6) is 0 Å². The third-order valence-electron chi connectivity index (χ3n) is 4.12. The standard InChI is InChI=1S/C15H17F3N2O.ClH/c16-15(17,18)12-3-1-2-10(6-12)13(9-4-5-9)20-14(21)11-7-19-8-11;/h1-3,6,9,11,13,19H,4-5,7-8H2,(H,20,21);1H. The van der Waals surface area contributed by atoms with Crippen LogP contribution in [0.25, 0.3) is 0 Å². The maximum atomic E-state index is 12.8. The van der Waals surface area contributed by atoms with Gasteiger partial charge in [0, 0.05) is 13.1 Å². The average molecular weight is 335 g/mol. The largest absolute Gasteiger partial charge is 0.416 e. The molecule has 2 fully saturated rings. The molecule has 2 N–H and O–H groups in total. The van der Waals surface area contributed by atoms with Crippen LogP contribution >= 0.6 is 12.4 Å². The fourth-order valence-electron chi connectivity index (χ4n) is 2.56. The number of carbonyl (C=O) groups is 1. The van der Waals surface area contributed by atoms with Crippen LogP contribution in [0, 0.1) is 11.8 Å². The molecule has 1 aliphatic heterocycles. The monoisotopic (exact) mass is 334 g/mol. The first kappa shape index (κ1) is 17.1. The molecular weight excluding hydrogens is 317 g/mol. The first-order valence-corrected chi connectivity index (χ1v) is 7.13. The molecule has 1 saturated heterocycles. The van der Waals surface area contributed by atoms with Crippen LogP contribution in [0.4, 0.5) is 13.2 Å². The molecule has 1 unspecified atom stereocenters. The molecule has 1 atom stereocenters. The number of nitrogens with one attached hydrogen (secondary N) is 2. The summed E-state index contributed by atoms with van der Waals surface area (Å²) in [6.07, 6.45) is -2.46. The van der Waals surface area contributed by atoms with Crippen LogP contribution in [0.15, 0.2) is 24.3 Å². The summed E-state index contributed by atoms with van der Waals surface area (Å²) in [5.41, 5.74) is -0.113. The van der Waals surface area contributed by atoms with Gasteiger partial charge in [-0.25, -0.2) is 0 Å². The van der Waals surface area contributed by atoms with E-state index in [1.165, 1.54) is 6.07 Å². The molecule has 3 nitrogen and oxygen atoms in total. The zero-order valence-electron chi connectivity index (χ0n) is 11.8. The second-order valence-electron chi connectivity index (χ2n) is 5.80. The van der Waals surface area contributed by atoms with Gasteiger partial charge in [-0.2, -0.15) is 13.2 Å². The zero-order valence-corrected chi connectivity index (χ0v) is 12.6. The van der Waals surface area contributed by atoms with Crippen molar-refractivity contribution >= 4 is 18.3 Å². The van der Waals surface area contributed by atoms with Crippen LogP contribution in [-0.4, -0.2) is 19.0 Å². The first-order chi connectivity index (χ1) is 9.95. The summed E-state index contributed by atoms with van der Waals surface area (Å²) < 4.78 is 38.4. The highest BCUT2D eigenvalue weighted by molar-refractivity contribution is 5.85. The van der Waals surface area contributed by atoms with E-state index in [-0.39, 0.29) is 36.2 Å². The van der Waals surface area contributed by atoms with Crippen molar-refractivity contribution < 1.29 is 18.0 Å². The fraction of sp³-hybridized carbons (Fsp3) is 0.533. The lowest BCUT2D eigenvalue weighted by Gasteiger charge is -2.29. The molecule has 1 aliphatic carbocycles. The molecular formula is C15H18ClF3N2O. The van der Waals surface area contributed by atoms with Crippen molar-refractivity contribution in [1.82, 2.24) is 10.6 Å². The Bertz CT molecular complexity index is 542. The fourth-order valence-corrected chi connectivity index (χ4v) is 2.56. The van der Waals surface area contributed by atoms with E-state index in [4.69, 9.17) is 0 Å². The van der Waals surface area contributed by atoms with Gasteiger partial charge in [0.15, 0.2) is 0 Å². The highest BCUT2D eigenvalue weighted by Gasteiger charge is 2.37. The molecule has 1 aromatic carbocycles. The summed E-state index contributed by atoms with van der Waals surface area (Å²) in [4.78, 5) is 12.0. The molecule has 122 valence electrons. The number of amides is 1. The highest BCUT2D eigenvalue weighted by Crippen LogP contribution is 2.42. The van der Waals surface area contributed by atoms with E-state index in [1.807, 2.05) is 0 Å². The van der Waals surface area contributed by atoms with Crippen molar-refractivity contribution in [2.45, 2.75) is 25.1 Å². The van der Waals surface area contributed by atoms with Gasteiger partial charge in [-0.1, -0.05) is 12.1 Å². The van der Waals surface area contributed by atoms with E-state index >= 15 is 0 Å². The van der Waals surface area contributed by atoms with Gasteiger partial charge in [0.2, 0.25) is 5.91 Å². The number of hydrogen-bond acceptors (Lipinski definition) is 2. The molecule has 7 heteroatoms. The van der Waals surface area contributed by atoms with Crippen LogP contribution in [-0.2, 0) is 11.0 Å². The van der Waals surface area contributed by atoms with E-state index in [1.54, 1.807) is 6.07 Å². The van der Waals surface area contributed by atoms with Crippen LogP contribution in [0.1, 0.15) is 30.0 Å². The Morgan fingerprint density at radius 1 is 1.27 bits per heavy atom. The predicted molar refractivity (Wildman–Crippen MR) is 78.7 cm³/mol. The number of rotatable bonds is 4. The smallest absolute Gasteiger partial charge is 0.349 e. The lowest BCUT2D eigenvalue weighted by molar-refractivity contribution is -0.137. The van der Waals surface area contributed by atoms with Gasteiger partial charge in [0.1, 0.15) is 0 Å². The minimum atomic E-state index is -4.36. The van der Waals surface area contributed by atoms with Crippen LogP contribution in [0.3, 0.4) is 0 Å². The average Bonchev–Trinajstić information content (AvgIpc) is 3.17. The van der Waals surface area contributed by atoms with E-state index < -0.39 is 11.7 Å². The molecule has 0 aromatic heterocycles. The van der Waals surface area contributed by atoms with Gasteiger partial charge in [-0.3, -0.25) is 4.79 Å². The van der Waals surface area contributed by atoms with Gasteiger partial charge >= 0.3 is 6.18 Å². The molecule has 0 bridgehead atoms. The molecule has 1 aromatic rings. The summed E-state index contributed by atoms with van der Waals surface area (Å²) in [6, 6.07) is 4.98. The van der Waals surface area contributed by atoms with Gasteiger partial charge in [-0.15, -0.1) is 12.4 Å². The van der Waals surface area contributed by atoms with Crippen molar-refractivity contribution in [2.75, 3.05) is 13.1 Å². The molecule has 3 rings (SSSR count). The Kier molecular flexibility index (Phi) is 5.02. The molecule has 22 heavy (non-hydrogen) atoms. The minimum absolute atomic E-state index is 0. The van der Waals surface area contributed by atoms with Crippen molar-refractivity contribution in [2.24, 2.45) is 11.8 Å². The maximum absolute atomic E-state index is 12.8. The predicted octanol–water partition coefficient (Wildman–Crippen LogP) is 2.91. The van der Waals surface area contributed by atoms with Gasteiger partial charge < -0.3 is 10.6 Å². The SMILES string of the molecule is Cl.O=C(NC(c1cccc(C(F)(F)F)c1)C1CC1)C1CNC1. The van der Waals surface area contributed by atoms with E-state index in [0.29, 0.717) is 18.7 Å². The topological polar surface area (TPSA) is 41.1 Å². The number of benzene rings is 1.